The van der Waals surface area contributed by atoms with Crippen molar-refractivity contribution in [1.82, 2.24) is 14.9 Å². The Morgan fingerprint density at radius 3 is 2.70 bits per heavy atom. The molecule has 4 nitrogen and oxygen atoms in total. The molecule has 2 aromatic rings. The fourth-order valence-corrected chi connectivity index (χ4v) is 3.06. The van der Waals surface area contributed by atoms with Gasteiger partial charge in [-0.05, 0) is 39.3 Å². The van der Waals surface area contributed by atoms with Gasteiger partial charge in [0.2, 0.25) is 0 Å². The molecule has 1 aromatic heterocycles. The van der Waals surface area contributed by atoms with Crippen molar-refractivity contribution in [2.24, 2.45) is 0 Å². The first kappa shape index (κ1) is 13.6. The minimum atomic E-state index is 0.0122. The maximum atomic E-state index is 5.46. The fourth-order valence-electron chi connectivity index (χ4n) is 3.06. The number of imidazole rings is 1. The van der Waals surface area contributed by atoms with Gasteiger partial charge in [0, 0.05) is 19.2 Å². The Morgan fingerprint density at radius 2 is 2.05 bits per heavy atom. The molecule has 0 saturated carbocycles. The lowest BCUT2D eigenvalue weighted by atomic mass is 10.1. The Balaban J connectivity index is 2.10. The highest BCUT2D eigenvalue weighted by Gasteiger charge is 2.32. The normalized spacial score (nSPS) is 23.6. The van der Waals surface area contributed by atoms with Gasteiger partial charge in [0.05, 0.1) is 23.2 Å². The van der Waals surface area contributed by atoms with Gasteiger partial charge in [-0.3, -0.25) is 0 Å². The number of nitrogens with one attached hydrogen (secondary N) is 1. The first-order valence-corrected chi connectivity index (χ1v) is 7.24. The van der Waals surface area contributed by atoms with Crippen molar-refractivity contribution in [2.75, 3.05) is 13.7 Å². The van der Waals surface area contributed by atoms with Crippen molar-refractivity contribution >= 4 is 11.0 Å². The highest BCUT2D eigenvalue weighted by atomic mass is 16.5. The molecule has 1 N–H and O–H groups in total. The van der Waals surface area contributed by atoms with Crippen LogP contribution in [0.25, 0.3) is 11.0 Å². The van der Waals surface area contributed by atoms with Crippen LogP contribution >= 0.6 is 0 Å². The number of ether oxygens (including phenoxy) is 1. The van der Waals surface area contributed by atoms with Crippen LogP contribution in [-0.2, 0) is 10.3 Å². The van der Waals surface area contributed by atoms with Crippen LogP contribution < -0.4 is 5.32 Å². The third-order valence-electron chi connectivity index (χ3n) is 3.99. The summed E-state index contributed by atoms with van der Waals surface area (Å²) in [6.45, 7) is 7.59. The Labute approximate surface area is 120 Å². The Kier molecular flexibility index (Phi) is 3.30. The van der Waals surface area contributed by atoms with Crippen molar-refractivity contribution in [3.05, 3.63) is 30.1 Å². The first-order valence-electron chi connectivity index (χ1n) is 7.24. The van der Waals surface area contributed by atoms with Crippen molar-refractivity contribution in [2.45, 2.75) is 44.9 Å². The SMILES string of the molecule is COC1CNC(c2nc3ccccc3n2C(C)(C)C)C1. The Hall–Kier alpha value is -1.39. The van der Waals surface area contributed by atoms with E-state index >= 15 is 0 Å². The van der Waals surface area contributed by atoms with Gasteiger partial charge in [0.1, 0.15) is 5.82 Å². The summed E-state index contributed by atoms with van der Waals surface area (Å²) in [4.78, 5) is 4.87. The van der Waals surface area contributed by atoms with Crippen molar-refractivity contribution in [3.63, 3.8) is 0 Å². The number of benzene rings is 1. The second-order valence-electron chi connectivity index (χ2n) is 6.52. The number of hydrogen-bond donors (Lipinski definition) is 1. The Bertz CT molecular complexity index is 612. The quantitative estimate of drug-likeness (QED) is 0.914. The third-order valence-corrected chi connectivity index (χ3v) is 3.99. The van der Waals surface area contributed by atoms with Crippen LogP contribution in [-0.4, -0.2) is 29.3 Å². The molecule has 0 bridgehead atoms. The fraction of sp³-hybridized carbons (Fsp3) is 0.562. The van der Waals surface area contributed by atoms with Crippen LogP contribution in [0, 0.1) is 0 Å². The van der Waals surface area contributed by atoms with Crippen LogP contribution in [0.2, 0.25) is 0 Å². The highest BCUT2D eigenvalue weighted by molar-refractivity contribution is 5.76. The molecule has 0 amide bonds. The van der Waals surface area contributed by atoms with Crippen molar-refractivity contribution in [1.29, 1.82) is 0 Å². The monoisotopic (exact) mass is 273 g/mol. The molecule has 0 spiro atoms. The lowest BCUT2D eigenvalue weighted by Crippen LogP contribution is -2.28. The number of hydrogen-bond acceptors (Lipinski definition) is 3. The van der Waals surface area contributed by atoms with Gasteiger partial charge in [-0.2, -0.15) is 0 Å². The highest BCUT2D eigenvalue weighted by Crippen LogP contribution is 2.32. The summed E-state index contributed by atoms with van der Waals surface area (Å²) in [5.41, 5.74) is 2.29. The number of rotatable bonds is 2. The van der Waals surface area contributed by atoms with E-state index < -0.39 is 0 Å². The van der Waals surface area contributed by atoms with E-state index in [0.29, 0.717) is 0 Å². The molecule has 0 aliphatic carbocycles. The average molecular weight is 273 g/mol. The van der Waals surface area contributed by atoms with Gasteiger partial charge >= 0.3 is 0 Å². The molecule has 2 unspecified atom stereocenters. The lowest BCUT2D eigenvalue weighted by Gasteiger charge is -2.26. The largest absolute Gasteiger partial charge is 0.380 e. The molecule has 2 atom stereocenters. The predicted octanol–water partition coefficient (Wildman–Crippen LogP) is 2.84. The van der Waals surface area contributed by atoms with Crippen LogP contribution in [0.1, 0.15) is 39.1 Å². The van der Waals surface area contributed by atoms with Crippen LogP contribution in [0.3, 0.4) is 0 Å². The number of aromatic nitrogens is 2. The molecule has 1 aliphatic heterocycles. The molecule has 108 valence electrons. The smallest absolute Gasteiger partial charge is 0.127 e. The minimum absolute atomic E-state index is 0.0122. The lowest BCUT2D eigenvalue weighted by molar-refractivity contribution is 0.117. The molecule has 1 fully saturated rings. The molecule has 1 saturated heterocycles. The van der Waals surface area contributed by atoms with E-state index in [2.05, 4.69) is 48.9 Å². The van der Waals surface area contributed by atoms with E-state index in [0.717, 1.165) is 24.3 Å². The van der Waals surface area contributed by atoms with Crippen LogP contribution in [0.5, 0.6) is 0 Å². The van der Waals surface area contributed by atoms with E-state index in [1.807, 2.05) is 6.07 Å². The van der Waals surface area contributed by atoms with E-state index in [-0.39, 0.29) is 17.7 Å². The number of methoxy groups -OCH3 is 1. The molecule has 4 heteroatoms. The zero-order valence-electron chi connectivity index (χ0n) is 12.7. The predicted molar refractivity (Wildman–Crippen MR) is 80.9 cm³/mol. The van der Waals surface area contributed by atoms with Crippen molar-refractivity contribution in [3.8, 4) is 0 Å². The molecule has 20 heavy (non-hydrogen) atoms. The van der Waals surface area contributed by atoms with Gasteiger partial charge in [-0.15, -0.1) is 0 Å². The maximum absolute atomic E-state index is 5.46. The molecule has 0 radical (unpaired) electrons. The second-order valence-corrected chi connectivity index (χ2v) is 6.52. The van der Waals surface area contributed by atoms with Crippen LogP contribution in [0.15, 0.2) is 24.3 Å². The molecule has 1 aliphatic rings. The zero-order chi connectivity index (χ0) is 14.3. The van der Waals surface area contributed by atoms with Crippen molar-refractivity contribution < 1.29 is 4.74 Å². The van der Waals surface area contributed by atoms with Gasteiger partial charge in [0.15, 0.2) is 0 Å². The summed E-state index contributed by atoms with van der Waals surface area (Å²) in [6.07, 6.45) is 1.27. The van der Waals surface area contributed by atoms with Gasteiger partial charge in [-0.25, -0.2) is 4.98 Å². The first-order chi connectivity index (χ1) is 9.50. The number of fused-ring (bicyclic) bond motifs is 1. The third kappa shape index (κ3) is 2.23. The van der Waals surface area contributed by atoms with E-state index in [9.17, 15) is 0 Å². The average Bonchev–Trinajstić information content (AvgIpc) is 3.01. The van der Waals surface area contributed by atoms with Crippen LogP contribution in [0.4, 0.5) is 0 Å². The summed E-state index contributed by atoms with van der Waals surface area (Å²) in [7, 11) is 1.78. The topological polar surface area (TPSA) is 39.1 Å². The summed E-state index contributed by atoms with van der Waals surface area (Å²) in [6, 6.07) is 8.64. The summed E-state index contributed by atoms with van der Waals surface area (Å²) in [5.74, 6) is 1.12. The van der Waals surface area contributed by atoms with E-state index in [1.165, 1.54) is 5.52 Å². The molecule has 2 heterocycles. The summed E-state index contributed by atoms with van der Waals surface area (Å²) in [5, 5.41) is 3.54. The molecular weight excluding hydrogens is 250 g/mol. The minimum Gasteiger partial charge on any atom is -0.380 e. The van der Waals surface area contributed by atoms with E-state index in [1.54, 1.807) is 7.11 Å². The van der Waals surface area contributed by atoms with E-state index in [4.69, 9.17) is 9.72 Å². The molecular formula is C16H23N3O. The Morgan fingerprint density at radius 1 is 1.30 bits per heavy atom. The number of nitrogens with zero attached hydrogens (tertiary/aromatic N) is 2. The maximum Gasteiger partial charge on any atom is 0.127 e. The zero-order valence-corrected chi connectivity index (χ0v) is 12.7. The molecule has 1 aromatic carbocycles. The second kappa shape index (κ2) is 4.86. The van der Waals surface area contributed by atoms with Gasteiger partial charge in [0.25, 0.3) is 0 Å². The number of para-hydroxylation sites is 2. The van der Waals surface area contributed by atoms with Gasteiger partial charge < -0.3 is 14.6 Å². The summed E-state index contributed by atoms with van der Waals surface area (Å²) < 4.78 is 7.82. The van der Waals surface area contributed by atoms with Gasteiger partial charge in [-0.1, -0.05) is 12.1 Å². The standard InChI is InChI=1S/C16H23N3O/c1-16(2,3)19-14-8-6-5-7-12(14)18-15(19)13-9-11(20-4)10-17-13/h5-8,11,13,17H,9-10H2,1-4H3. The summed E-state index contributed by atoms with van der Waals surface area (Å²) >= 11 is 0. The molecule has 3 rings (SSSR count).